The van der Waals surface area contributed by atoms with Crippen LogP contribution in [-0.4, -0.2) is 18.9 Å². The van der Waals surface area contributed by atoms with E-state index in [0.29, 0.717) is 0 Å². The molecule has 0 aliphatic heterocycles. The molecule has 0 fully saturated rings. The highest BCUT2D eigenvalue weighted by atomic mass is 16.5. The van der Waals surface area contributed by atoms with Gasteiger partial charge in [0.25, 0.3) is 0 Å². The summed E-state index contributed by atoms with van der Waals surface area (Å²) in [5.74, 6) is -0.401. The van der Waals surface area contributed by atoms with E-state index in [1.54, 1.807) is 0 Å². The SMILES string of the molecule is COC(=O)C=CCC(C)=O. The van der Waals surface area contributed by atoms with Crippen LogP contribution in [0.1, 0.15) is 13.3 Å². The van der Waals surface area contributed by atoms with Gasteiger partial charge >= 0.3 is 5.97 Å². The van der Waals surface area contributed by atoms with E-state index in [-0.39, 0.29) is 12.2 Å². The Bertz CT molecular complexity index is 158. The van der Waals surface area contributed by atoms with Crippen LogP contribution in [0, 0.1) is 0 Å². The van der Waals surface area contributed by atoms with E-state index in [4.69, 9.17) is 0 Å². The molecule has 0 aliphatic carbocycles. The second-order valence-electron chi connectivity index (χ2n) is 1.83. The molecule has 0 N–H and O–H groups in total. The first kappa shape index (κ1) is 8.88. The topological polar surface area (TPSA) is 43.4 Å². The standard InChI is InChI=1S/C7H10O3/c1-6(8)4-3-5-7(9)10-2/h3,5H,4H2,1-2H3. The lowest BCUT2D eigenvalue weighted by Gasteiger charge is -1.87. The largest absolute Gasteiger partial charge is 0.466 e. The zero-order chi connectivity index (χ0) is 7.98. The van der Waals surface area contributed by atoms with Crippen molar-refractivity contribution < 1.29 is 14.3 Å². The van der Waals surface area contributed by atoms with Gasteiger partial charge in [0.15, 0.2) is 0 Å². The van der Waals surface area contributed by atoms with Crippen LogP contribution in [0.3, 0.4) is 0 Å². The minimum atomic E-state index is -0.429. The maximum absolute atomic E-state index is 10.4. The molecular weight excluding hydrogens is 132 g/mol. The van der Waals surface area contributed by atoms with Crippen LogP contribution in [0.5, 0.6) is 0 Å². The van der Waals surface area contributed by atoms with Gasteiger partial charge in [0, 0.05) is 12.5 Å². The summed E-state index contributed by atoms with van der Waals surface area (Å²) >= 11 is 0. The van der Waals surface area contributed by atoms with Crippen LogP contribution in [-0.2, 0) is 14.3 Å². The molecule has 10 heavy (non-hydrogen) atoms. The fourth-order valence-electron chi connectivity index (χ4n) is 0.389. The predicted molar refractivity (Wildman–Crippen MR) is 36.5 cm³/mol. The summed E-state index contributed by atoms with van der Waals surface area (Å²) in [4.78, 5) is 20.7. The molecule has 56 valence electrons. The van der Waals surface area contributed by atoms with Gasteiger partial charge in [-0.05, 0) is 6.92 Å². The Kier molecular flexibility index (Phi) is 4.20. The number of hydrogen-bond donors (Lipinski definition) is 0. The van der Waals surface area contributed by atoms with E-state index in [1.165, 1.54) is 26.2 Å². The molecule has 0 rings (SSSR count). The maximum Gasteiger partial charge on any atom is 0.330 e. The van der Waals surface area contributed by atoms with Crippen LogP contribution >= 0.6 is 0 Å². The van der Waals surface area contributed by atoms with Crippen molar-refractivity contribution in [1.29, 1.82) is 0 Å². The van der Waals surface area contributed by atoms with Gasteiger partial charge in [-0.3, -0.25) is 4.79 Å². The van der Waals surface area contributed by atoms with Crippen molar-refractivity contribution in [2.75, 3.05) is 7.11 Å². The van der Waals surface area contributed by atoms with Crippen LogP contribution in [0.2, 0.25) is 0 Å². The lowest BCUT2D eigenvalue weighted by atomic mass is 10.3. The number of carbonyl (C=O) groups is 2. The van der Waals surface area contributed by atoms with Crippen molar-refractivity contribution >= 4 is 11.8 Å². The van der Waals surface area contributed by atoms with E-state index < -0.39 is 5.97 Å². The quantitative estimate of drug-likeness (QED) is 0.430. The Hall–Kier alpha value is -1.12. The van der Waals surface area contributed by atoms with Gasteiger partial charge in [0.05, 0.1) is 7.11 Å². The van der Waals surface area contributed by atoms with Crippen LogP contribution in [0.4, 0.5) is 0 Å². The zero-order valence-corrected chi connectivity index (χ0v) is 6.09. The normalized spacial score (nSPS) is 9.80. The van der Waals surface area contributed by atoms with Crippen molar-refractivity contribution in [3.63, 3.8) is 0 Å². The van der Waals surface area contributed by atoms with Crippen molar-refractivity contribution in [1.82, 2.24) is 0 Å². The highest BCUT2D eigenvalue weighted by Gasteiger charge is 1.90. The molecule has 0 spiro atoms. The van der Waals surface area contributed by atoms with Gasteiger partial charge in [0.1, 0.15) is 5.78 Å². The van der Waals surface area contributed by atoms with E-state index in [9.17, 15) is 9.59 Å². The third-order valence-electron chi connectivity index (χ3n) is 0.860. The maximum atomic E-state index is 10.4. The van der Waals surface area contributed by atoms with Crippen LogP contribution in [0.25, 0.3) is 0 Å². The highest BCUT2D eigenvalue weighted by Crippen LogP contribution is 1.85. The average molecular weight is 142 g/mol. The minimum absolute atomic E-state index is 0.0279. The number of ketones is 1. The first-order chi connectivity index (χ1) is 4.66. The summed E-state index contributed by atoms with van der Waals surface area (Å²) in [5.41, 5.74) is 0. The molecule has 0 heterocycles. The van der Waals surface area contributed by atoms with Gasteiger partial charge in [-0.1, -0.05) is 6.08 Å². The molecule has 3 nitrogen and oxygen atoms in total. The summed E-state index contributed by atoms with van der Waals surface area (Å²) in [6.45, 7) is 1.46. The highest BCUT2D eigenvalue weighted by molar-refractivity contribution is 5.83. The number of methoxy groups -OCH3 is 1. The lowest BCUT2D eigenvalue weighted by Crippen LogP contribution is -1.94. The molecule has 0 aromatic heterocycles. The smallest absolute Gasteiger partial charge is 0.330 e. The summed E-state index contributed by atoms with van der Waals surface area (Å²) < 4.78 is 4.29. The van der Waals surface area contributed by atoms with Gasteiger partial charge in [-0.2, -0.15) is 0 Å². The zero-order valence-electron chi connectivity index (χ0n) is 6.09. The average Bonchev–Trinajstić information content (AvgIpc) is 1.87. The van der Waals surface area contributed by atoms with Crippen LogP contribution in [0.15, 0.2) is 12.2 Å². The molecule has 0 radical (unpaired) electrons. The number of rotatable bonds is 3. The van der Waals surface area contributed by atoms with E-state index in [1.807, 2.05) is 0 Å². The predicted octanol–water partition coefficient (Wildman–Crippen LogP) is 0.695. The minimum Gasteiger partial charge on any atom is -0.466 e. The fourth-order valence-corrected chi connectivity index (χ4v) is 0.389. The second-order valence-corrected chi connectivity index (χ2v) is 1.83. The third-order valence-corrected chi connectivity index (χ3v) is 0.860. The number of carbonyl (C=O) groups excluding carboxylic acids is 2. The molecule has 0 saturated heterocycles. The van der Waals surface area contributed by atoms with Gasteiger partial charge < -0.3 is 4.74 Å². The molecule has 0 aromatic carbocycles. The summed E-state index contributed by atoms with van der Waals surface area (Å²) in [6.07, 6.45) is 3.00. The Balaban J connectivity index is 3.56. The van der Waals surface area contributed by atoms with Gasteiger partial charge in [-0.15, -0.1) is 0 Å². The first-order valence-electron chi connectivity index (χ1n) is 2.90. The Morgan fingerprint density at radius 3 is 2.50 bits per heavy atom. The number of allylic oxidation sites excluding steroid dienone is 1. The Morgan fingerprint density at radius 2 is 2.10 bits per heavy atom. The molecule has 3 heteroatoms. The van der Waals surface area contributed by atoms with Crippen LogP contribution < -0.4 is 0 Å². The monoisotopic (exact) mass is 142 g/mol. The number of esters is 1. The second kappa shape index (κ2) is 4.73. The Labute approximate surface area is 59.7 Å². The molecule has 0 bridgehead atoms. The fraction of sp³-hybridized carbons (Fsp3) is 0.429. The molecule has 0 amide bonds. The number of hydrogen-bond acceptors (Lipinski definition) is 3. The van der Waals surface area contributed by atoms with Crippen molar-refractivity contribution in [2.45, 2.75) is 13.3 Å². The Morgan fingerprint density at radius 1 is 1.50 bits per heavy atom. The first-order valence-corrected chi connectivity index (χ1v) is 2.90. The molecule has 0 aliphatic rings. The number of ether oxygens (including phenoxy) is 1. The molecule has 0 atom stereocenters. The summed E-state index contributed by atoms with van der Waals surface area (Å²) in [7, 11) is 1.29. The van der Waals surface area contributed by atoms with Gasteiger partial charge in [-0.25, -0.2) is 4.79 Å². The van der Waals surface area contributed by atoms with Gasteiger partial charge in [0.2, 0.25) is 0 Å². The van der Waals surface area contributed by atoms with Crippen molar-refractivity contribution in [3.05, 3.63) is 12.2 Å². The molecule has 0 unspecified atom stereocenters. The molecular formula is C7H10O3. The van der Waals surface area contributed by atoms with E-state index >= 15 is 0 Å². The lowest BCUT2D eigenvalue weighted by molar-refractivity contribution is -0.134. The summed E-state index contributed by atoms with van der Waals surface area (Å²) in [6, 6.07) is 0. The van der Waals surface area contributed by atoms with Crippen molar-refractivity contribution in [3.8, 4) is 0 Å². The molecule has 0 aromatic rings. The number of Topliss-reactive ketones (excluding diaryl/α,β-unsaturated/α-hetero) is 1. The third kappa shape index (κ3) is 5.03. The summed E-state index contributed by atoms with van der Waals surface area (Å²) in [5, 5.41) is 0. The van der Waals surface area contributed by atoms with E-state index in [2.05, 4.69) is 4.74 Å². The van der Waals surface area contributed by atoms with Crippen molar-refractivity contribution in [2.24, 2.45) is 0 Å². The van der Waals surface area contributed by atoms with E-state index in [0.717, 1.165) is 0 Å². The molecule has 0 saturated carbocycles.